The summed E-state index contributed by atoms with van der Waals surface area (Å²) < 4.78 is 5.54. The summed E-state index contributed by atoms with van der Waals surface area (Å²) in [5, 5.41) is 0.464. The minimum Gasteiger partial charge on any atom is -0.494 e. The number of carbonyl (C=O) groups excluding carboxylic acids is 2. The van der Waals surface area contributed by atoms with E-state index >= 15 is 0 Å². The fourth-order valence-electron chi connectivity index (χ4n) is 4.33. The number of hydrogen-bond acceptors (Lipinski definition) is 4. The van der Waals surface area contributed by atoms with Crippen molar-refractivity contribution < 1.29 is 14.3 Å². The highest BCUT2D eigenvalue weighted by Gasteiger charge is 2.44. The van der Waals surface area contributed by atoms with Crippen LogP contribution in [0.15, 0.2) is 78.5 Å². The molecule has 0 saturated heterocycles. The summed E-state index contributed by atoms with van der Waals surface area (Å²) in [5.74, 6) is 0.00653. The van der Waals surface area contributed by atoms with Gasteiger partial charge in [-0.2, -0.15) is 0 Å². The van der Waals surface area contributed by atoms with E-state index in [0.29, 0.717) is 46.4 Å². The summed E-state index contributed by atoms with van der Waals surface area (Å²) >= 11 is 6.16. The van der Waals surface area contributed by atoms with Crippen LogP contribution in [0.25, 0.3) is 5.57 Å². The summed E-state index contributed by atoms with van der Waals surface area (Å²) in [7, 11) is 0. The maximum absolute atomic E-state index is 13.7. The molecule has 0 N–H and O–H groups in total. The number of para-hydroxylation sites is 1. The summed E-state index contributed by atoms with van der Waals surface area (Å²) in [5.41, 5.74) is 4.03. The molecule has 0 bridgehead atoms. The minimum atomic E-state index is -0.360. The quantitative estimate of drug-likeness (QED) is 0.514. The molecule has 3 aromatic rings. The lowest BCUT2D eigenvalue weighted by molar-refractivity contribution is -0.120. The van der Waals surface area contributed by atoms with Crippen LogP contribution in [0.1, 0.15) is 18.1 Å². The SMILES string of the molecule is CCOc1ccc(C2=C(N3CCc4ccccc43)C(=O)N(c3cccc(Cl)c3)C2=O)cc1. The zero-order chi connectivity index (χ0) is 22.2. The fraction of sp³-hybridized carbons (Fsp3) is 0.154. The van der Waals surface area contributed by atoms with Gasteiger partial charge in [-0.05, 0) is 60.9 Å². The van der Waals surface area contributed by atoms with Gasteiger partial charge >= 0.3 is 0 Å². The van der Waals surface area contributed by atoms with Crippen molar-refractivity contribution in [1.29, 1.82) is 0 Å². The Kier molecular flexibility index (Phi) is 5.19. The number of fused-ring (bicyclic) bond motifs is 1. The smallest absolute Gasteiger partial charge is 0.282 e. The van der Waals surface area contributed by atoms with E-state index in [1.807, 2.05) is 54.3 Å². The minimum absolute atomic E-state index is 0.349. The van der Waals surface area contributed by atoms with Gasteiger partial charge in [-0.1, -0.05) is 48.0 Å². The van der Waals surface area contributed by atoms with Crippen molar-refractivity contribution in [1.82, 2.24) is 0 Å². The predicted octanol–water partition coefficient (Wildman–Crippen LogP) is 5.09. The van der Waals surface area contributed by atoms with Crippen molar-refractivity contribution in [2.24, 2.45) is 0 Å². The van der Waals surface area contributed by atoms with Crippen molar-refractivity contribution >= 4 is 40.4 Å². The molecule has 5 rings (SSSR count). The Labute approximate surface area is 191 Å². The Morgan fingerprint density at radius 1 is 0.938 bits per heavy atom. The Bertz CT molecular complexity index is 1250. The molecule has 160 valence electrons. The molecule has 3 aromatic carbocycles. The number of benzene rings is 3. The molecule has 0 aromatic heterocycles. The summed E-state index contributed by atoms with van der Waals surface area (Å²) in [6.45, 7) is 3.11. The number of ether oxygens (including phenoxy) is 1. The summed E-state index contributed by atoms with van der Waals surface area (Å²) in [4.78, 5) is 30.6. The van der Waals surface area contributed by atoms with E-state index in [0.717, 1.165) is 17.7 Å². The van der Waals surface area contributed by atoms with Crippen LogP contribution in [0.2, 0.25) is 5.02 Å². The molecule has 2 heterocycles. The van der Waals surface area contributed by atoms with Crippen LogP contribution in [0, 0.1) is 0 Å². The van der Waals surface area contributed by atoms with Crippen LogP contribution >= 0.6 is 11.6 Å². The molecule has 0 radical (unpaired) electrons. The van der Waals surface area contributed by atoms with E-state index in [-0.39, 0.29) is 11.8 Å². The number of imide groups is 1. The standard InChI is InChI=1S/C26H21ClN2O3/c1-2-32-21-12-10-18(11-13-21)23-24(28-15-14-17-6-3-4-9-22(17)28)26(31)29(25(23)30)20-8-5-7-19(27)16-20/h3-13,16H,2,14-15H2,1H3. The number of halogens is 1. The van der Waals surface area contributed by atoms with Crippen molar-refractivity contribution in [3.8, 4) is 5.75 Å². The molecule has 0 saturated carbocycles. The molecule has 32 heavy (non-hydrogen) atoms. The molecule has 0 atom stereocenters. The van der Waals surface area contributed by atoms with Gasteiger partial charge in [-0.25, -0.2) is 4.90 Å². The van der Waals surface area contributed by atoms with Gasteiger partial charge in [0.1, 0.15) is 11.4 Å². The van der Waals surface area contributed by atoms with Gasteiger partial charge in [-0.3, -0.25) is 9.59 Å². The first-order valence-corrected chi connectivity index (χ1v) is 10.9. The predicted molar refractivity (Wildman–Crippen MR) is 126 cm³/mol. The third kappa shape index (κ3) is 3.35. The first kappa shape index (κ1) is 20.3. The Balaban J connectivity index is 1.65. The van der Waals surface area contributed by atoms with Crippen molar-refractivity contribution in [2.45, 2.75) is 13.3 Å². The third-order valence-corrected chi connectivity index (χ3v) is 5.97. The van der Waals surface area contributed by atoms with Crippen LogP contribution in [-0.4, -0.2) is 25.0 Å². The number of carbonyl (C=O) groups is 2. The van der Waals surface area contributed by atoms with Gasteiger partial charge in [0.2, 0.25) is 0 Å². The van der Waals surface area contributed by atoms with Gasteiger partial charge in [0, 0.05) is 17.3 Å². The maximum Gasteiger partial charge on any atom is 0.282 e. The maximum atomic E-state index is 13.7. The summed E-state index contributed by atoms with van der Waals surface area (Å²) in [6.07, 6.45) is 0.814. The van der Waals surface area contributed by atoms with Crippen LogP contribution in [0.5, 0.6) is 5.75 Å². The van der Waals surface area contributed by atoms with E-state index in [2.05, 4.69) is 6.07 Å². The third-order valence-electron chi connectivity index (χ3n) is 5.74. The number of nitrogens with zero attached hydrogens (tertiary/aromatic N) is 2. The van der Waals surface area contributed by atoms with E-state index in [1.54, 1.807) is 24.3 Å². The van der Waals surface area contributed by atoms with Crippen molar-refractivity contribution in [2.75, 3.05) is 23.0 Å². The molecule has 0 unspecified atom stereocenters. The normalized spacial score (nSPS) is 15.6. The fourth-order valence-corrected chi connectivity index (χ4v) is 4.52. The second kappa shape index (κ2) is 8.17. The Morgan fingerprint density at radius 3 is 2.47 bits per heavy atom. The first-order valence-electron chi connectivity index (χ1n) is 10.6. The van der Waals surface area contributed by atoms with Crippen molar-refractivity contribution in [3.05, 3.63) is 94.6 Å². The molecule has 5 nitrogen and oxygen atoms in total. The number of hydrogen-bond donors (Lipinski definition) is 0. The lowest BCUT2D eigenvalue weighted by atomic mass is 10.0. The van der Waals surface area contributed by atoms with Crippen LogP contribution < -0.4 is 14.5 Å². The molecule has 0 aliphatic carbocycles. The van der Waals surface area contributed by atoms with Gasteiger partial charge in [0.15, 0.2) is 0 Å². The largest absolute Gasteiger partial charge is 0.494 e. The first-order chi connectivity index (χ1) is 15.6. The Morgan fingerprint density at radius 2 is 1.72 bits per heavy atom. The zero-order valence-electron chi connectivity index (χ0n) is 17.5. The Hall–Kier alpha value is -3.57. The molecular weight excluding hydrogens is 424 g/mol. The van der Waals surface area contributed by atoms with Crippen molar-refractivity contribution in [3.63, 3.8) is 0 Å². The molecule has 2 aliphatic heterocycles. The molecule has 0 fully saturated rings. The highest BCUT2D eigenvalue weighted by atomic mass is 35.5. The van der Waals surface area contributed by atoms with Gasteiger partial charge in [-0.15, -0.1) is 0 Å². The average molecular weight is 445 g/mol. The van der Waals surface area contributed by atoms with E-state index < -0.39 is 0 Å². The van der Waals surface area contributed by atoms with E-state index in [1.165, 1.54) is 4.90 Å². The lowest BCUT2D eigenvalue weighted by Crippen LogP contribution is -2.34. The molecule has 6 heteroatoms. The molecule has 2 aliphatic rings. The summed E-state index contributed by atoms with van der Waals surface area (Å²) in [6, 6.07) is 22.1. The van der Waals surface area contributed by atoms with Gasteiger partial charge < -0.3 is 9.64 Å². The average Bonchev–Trinajstić information content (AvgIpc) is 3.32. The van der Waals surface area contributed by atoms with Crippen LogP contribution in [-0.2, 0) is 16.0 Å². The second-order valence-electron chi connectivity index (χ2n) is 7.64. The monoisotopic (exact) mass is 444 g/mol. The number of amides is 2. The topological polar surface area (TPSA) is 49.9 Å². The highest BCUT2D eigenvalue weighted by Crippen LogP contribution is 2.40. The number of anilines is 2. The van der Waals surface area contributed by atoms with Crippen LogP contribution in [0.3, 0.4) is 0 Å². The van der Waals surface area contributed by atoms with E-state index in [4.69, 9.17) is 16.3 Å². The molecular formula is C26H21ClN2O3. The van der Waals surface area contributed by atoms with E-state index in [9.17, 15) is 9.59 Å². The number of rotatable bonds is 5. The molecule has 0 spiro atoms. The van der Waals surface area contributed by atoms with Gasteiger partial charge in [0.25, 0.3) is 11.8 Å². The zero-order valence-corrected chi connectivity index (χ0v) is 18.3. The lowest BCUT2D eigenvalue weighted by Gasteiger charge is -2.22. The molecule has 2 amide bonds. The second-order valence-corrected chi connectivity index (χ2v) is 8.07. The van der Waals surface area contributed by atoms with Gasteiger partial charge in [0.05, 0.1) is 17.9 Å². The van der Waals surface area contributed by atoms with Crippen LogP contribution in [0.4, 0.5) is 11.4 Å². The highest BCUT2D eigenvalue weighted by molar-refractivity contribution is 6.46.